The van der Waals surface area contributed by atoms with Crippen LogP contribution in [0.3, 0.4) is 0 Å². The standard InChI is InChI=1S/C36H35N3O5/c1-23-10-14-27(15-11-23)36(28-16-12-24(2)13-17-28)34(41)39(35(42)37-36)22-32(40)38-19-18-26-20-30(43-3)31(44-4)21-29(26)33(38)25-8-6-5-7-9-25/h5-17,20-21,33H,18-19,22H2,1-4H3,(H,37,42)/t33-/m1/s1. The van der Waals surface area contributed by atoms with Crippen molar-refractivity contribution in [2.45, 2.75) is 31.8 Å². The van der Waals surface area contributed by atoms with E-state index >= 15 is 0 Å². The summed E-state index contributed by atoms with van der Waals surface area (Å²) in [5.41, 5.74) is 4.76. The van der Waals surface area contributed by atoms with E-state index in [0.717, 1.165) is 32.7 Å². The predicted molar refractivity (Wildman–Crippen MR) is 167 cm³/mol. The van der Waals surface area contributed by atoms with Crippen molar-refractivity contribution in [3.63, 3.8) is 0 Å². The summed E-state index contributed by atoms with van der Waals surface area (Å²) in [5.74, 6) is 0.382. The van der Waals surface area contributed by atoms with Crippen LogP contribution >= 0.6 is 0 Å². The molecule has 0 unspecified atom stereocenters. The molecule has 0 aliphatic carbocycles. The summed E-state index contributed by atoms with van der Waals surface area (Å²) in [7, 11) is 3.18. The SMILES string of the molecule is COc1cc2c(cc1OC)[C@@H](c1ccccc1)N(C(=O)CN1C(=O)NC(c3ccc(C)cc3)(c3ccc(C)cc3)C1=O)CC2. The molecular formula is C36H35N3O5. The number of urea groups is 1. The largest absolute Gasteiger partial charge is 0.493 e. The van der Waals surface area contributed by atoms with Gasteiger partial charge in [0.1, 0.15) is 6.54 Å². The van der Waals surface area contributed by atoms with Gasteiger partial charge in [-0.15, -0.1) is 0 Å². The summed E-state index contributed by atoms with van der Waals surface area (Å²) >= 11 is 0. The molecule has 224 valence electrons. The molecular weight excluding hydrogens is 554 g/mol. The van der Waals surface area contributed by atoms with E-state index in [4.69, 9.17) is 9.47 Å². The van der Waals surface area contributed by atoms with Gasteiger partial charge in [0.25, 0.3) is 5.91 Å². The molecule has 0 radical (unpaired) electrons. The second kappa shape index (κ2) is 11.5. The Morgan fingerprint density at radius 1 is 0.841 bits per heavy atom. The summed E-state index contributed by atoms with van der Waals surface area (Å²) in [6.45, 7) is 3.95. The van der Waals surface area contributed by atoms with Gasteiger partial charge in [0, 0.05) is 6.54 Å². The summed E-state index contributed by atoms with van der Waals surface area (Å²) in [5, 5.41) is 2.97. The molecule has 1 atom stereocenters. The highest BCUT2D eigenvalue weighted by atomic mass is 16.5. The third-order valence-corrected chi connectivity index (χ3v) is 8.68. The van der Waals surface area contributed by atoms with Crippen molar-refractivity contribution in [2.24, 2.45) is 0 Å². The number of methoxy groups -OCH3 is 2. The number of aryl methyl sites for hydroxylation is 2. The van der Waals surface area contributed by atoms with Crippen molar-refractivity contribution in [1.82, 2.24) is 15.1 Å². The van der Waals surface area contributed by atoms with E-state index in [9.17, 15) is 14.4 Å². The number of benzene rings is 4. The van der Waals surface area contributed by atoms with Crippen molar-refractivity contribution in [2.75, 3.05) is 27.3 Å². The molecule has 44 heavy (non-hydrogen) atoms. The lowest BCUT2D eigenvalue weighted by molar-refractivity contribution is -0.139. The number of ether oxygens (including phenoxy) is 2. The Labute approximate surface area is 257 Å². The van der Waals surface area contributed by atoms with Crippen molar-refractivity contribution in [1.29, 1.82) is 0 Å². The van der Waals surface area contributed by atoms with Crippen LogP contribution in [0.5, 0.6) is 11.5 Å². The van der Waals surface area contributed by atoms with Crippen LogP contribution in [-0.2, 0) is 21.5 Å². The highest BCUT2D eigenvalue weighted by Crippen LogP contribution is 2.42. The maximum absolute atomic E-state index is 14.4. The van der Waals surface area contributed by atoms with Crippen LogP contribution in [0.15, 0.2) is 91.0 Å². The van der Waals surface area contributed by atoms with Crippen molar-refractivity contribution in [3.05, 3.63) is 130 Å². The summed E-state index contributed by atoms with van der Waals surface area (Å²) in [4.78, 5) is 45.0. The summed E-state index contributed by atoms with van der Waals surface area (Å²) in [6.07, 6.45) is 0.585. The molecule has 1 saturated heterocycles. The number of imide groups is 1. The van der Waals surface area contributed by atoms with Gasteiger partial charge in [-0.05, 0) is 60.2 Å². The normalized spacial score (nSPS) is 17.2. The Hall–Kier alpha value is -5.11. The minimum atomic E-state index is -1.45. The van der Waals surface area contributed by atoms with Gasteiger partial charge in [-0.3, -0.25) is 14.5 Å². The molecule has 1 N–H and O–H groups in total. The molecule has 0 spiro atoms. The molecule has 8 heteroatoms. The van der Waals surface area contributed by atoms with Gasteiger partial charge >= 0.3 is 6.03 Å². The highest BCUT2D eigenvalue weighted by Gasteiger charge is 2.54. The zero-order chi connectivity index (χ0) is 31.0. The van der Waals surface area contributed by atoms with Gasteiger partial charge in [-0.1, -0.05) is 90.0 Å². The Morgan fingerprint density at radius 3 is 1.98 bits per heavy atom. The van der Waals surface area contributed by atoms with Crippen LogP contribution < -0.4 is 14.8 Å². The zero-order valence-corrected chi connectivity index (χ0v) is 25.3. The van der Waals surface area contributed by atoms with E-state index in [-0.39, 0.29) is 5.91 Å². The monoisotopic (exact) mass is 589 g/mol. The van der Waals surface area contributed by atoms with E-state index in [2.05, 4.69) is 5.32 Å². The van der Waals surface area contributed by atoms with E-state index in [1.807, 2.05) is 105 Å². The summed E-state index contributed by atoms with van der Waals surface area (Å²) in [6, 6.07) is 27.6. The van der Waals surface area contributed by atoms with Crippen LogP contribution in [0.25, 0.3) is 0 Å². The van der Waals surface area contributed by atoms with Gasteiger partial charge in [0.15, 0.2) is 17.0 Å². The fourth-order valence-electron chi connectivity index (χ4n) is 6.32. The fourth-order valence-corrected chi connectivity index (χ4v) is 6.32. The predicted octanol–water partition coefficient (Wildman–Crippen LogP) is 5.29. The first-order valence-corrected chi connectivity index (χ1v) is 14.6. The Kier molecular flexibility index (Phi) is 7.59. The van der Waals surface area contributed by atoms with E-state index < -0.39 is 30.1 Å². The molecule has 2 heterocycles. The number of carbonyl (C=O) groups excluding carboxylic acids is 3. The third kappa shape index (κ3) is 4.86. The van der Waals surface area contributed by atoms with E-state index in [0.29, 0.717) is 35.6 Å². The first kappa shape index (κ1) is 29.0. The van der Waals surface area contributed by atoms with Gasteiger partial charge in [0.05, 0.1) is 20.3 Å². The third-order valence-electron chi connectivity index (χ3n) is 8.68. The summed E-state index contributed by atoms with van der Waals surface area (Å²) < 4.78 is 11.1. The zero-order valence-electron chi connectivity index (χ0n) is 25.3. The number of fused-ring (bicyclic) bond motifs is 1. The molecule has 0 aromatic heterocycles. The quantitative estimate of drug-likeness (QED) is 0.296. The van der Waals surface area contributed by atoms with E-state index in [1.165, 1.54) is 0 Å². The van der Waals surface area contributed by atoms with Crippen LogP contribution in [-0.4, -0.2) is 55.0 Å². The molecule has 8 nitrogen and oxygen atoms in total. The molecule has 4 amide bonds. The van der Waals surface area contributed by atoms with E-state index in [1.54, 1.807) is 19.1 Å². The number of hydrogen-bond donors (Lipinski definition) is 1. The van der Waals surface area contributed by atoms with Crippen molar-refractivity contribution in [3.8, 4) is 11.5 Å². The van der Waals surface area contributed by atoms with Gasteiger partial charge < -0.3 is 19.7 Å². The lowest BCUT2D eigenvalue weighted by Crippen LogP contribution is -2.48. The average Bonchev–Trinajstić information content (AvgIpc) is 3.30. The lowest BCUT2D eigenvalue weighted by atomic mass is 9.82. The lowest BCUT2D eigenvalue weighted by Gasteiger charge is -2.38. The Morgan fingerprint density at radius 2 is 1.41 bits per heavy atom. The molecule has 2 aliphatic heterocycles. The van der Waals surface area contributed by atoms with Crippen molar-refractivity contribution < 1.29 is 23.9 Å². The molecule has 4 aromatic carbocycles. The first-order valence-electron chi connectivity index (χ1n) is 14.6. The number of nitrogens with one attached hydrogen (secondary N) is 1. The minimum absolute atomic E-state index is 0.327. The molecule has 6 rings (SSSR count). The molecule has 1 fully saturated rings. The van der Waals surface area contributed by atoms with Crippen molar-refractivity contribution >= 4 is 17.8 Å². The highest BCUT2D eigenvalue weighted by molar-refractivity contribution is 6.11. The molecule has 0 saturated carbocycles. The van der Waals surface area contributed by atoms with Gasteiger partial charge in [0.2, 0.25) is 5.91 Å². The first-order chi connectivity index (χ1) is 21.3. The number of amides is 4. The van der Waals surface area contributed by atoms with Crippen LogP contribution in [0.2, 0.25) is 0 Å². The smallest absolute Gasteiger partial charge is 0.326 e. The molecule has 4 aromatic rings. The van der Waals surface area contributed by atoms with Crippen LogP contribution in [0.4, 0.5) is 4.79 Å². The van der Waals surface area contributed by atoms with Crippen LogP contribution in [0, 0.1) is 13.8 Å². The topological polar surface area (TPSA) is 88.2 Å². The number of rotatable bonds is 7. The Bertz CT molecular complexity index is 1670. The number of nitrogens with zero attached hydrogens (tertiary/aromatic N) is 2. The van der Waals surface area contributed by atoms with Crippen LogP contribution in [0.1, 0.15) is 45.0 Å². The maximum Gasteiger partial charge on any atom is 0.326 e. The van der Waals surface area contributed by atoms with Gasteiger partial charge in [-0.25, -0.2) is 4.79 Å². The maximum atomic E-state index is 14.4. The second-order valence-corrected chi connectivity index (χ2v) is 11.4. The number of hydrogen-bond acceptors (Lipinski definition) is 5. The number of carbonyl (C=O) groups is 3. The van der Waals surface area contributed by atoms with Gasteiger partial charge in [-0.2, -0.15) is 0 Å². The minimum Gasteiger partial charge on any atom is -0.493 e. The molecule has 2 aliphatic rings. The Balaban J connectivity index is 1.37. The second-order valence-electron chi connectivity index (χ2n) is 11.4. The average molecular weight is 590 g/mol. The molecule has 0 bridgehead atoms. The fraction of sp³-hybridized carbons (Fsp3) is 0.250.